The quantitative estimate of drug-likeness (QED) is 0.569. The Hall–Kier alpha value is -1.60. The van der Waals surface area contributed by atoms with Gasteiger partial charge in [0.15, 0.2) is 11.4 Å². The Morgan fingerprint density at radius 2 is 2.33 bits per heavy atom. The predicted molar refractivity (Wildman–Crippen MR) is 63.8 cm³/mol. The first-order chi connectivity index (χ1) is 7.31. The van der Waals surface area contributed by atoms with Gasteiger partial charge >= 0.3 is 0 Å². The number of aromatic nitrogens is 1. The Bertz CT molecular complexity index is 536. The van der Waals surface area contributed by atoms with Gasteiger partial charge in [-0.1, -0.05) is 17.0 Å². The van der Waals surface area contributed by atoms with E-state index in [0.717, 1.165) is 23.1 Å². The maximum absolute atomic E-state index is 5.63. The molecule has 76 valence electrons. The van der Waals surface area contributed by atoms with Crippen LogP contribution in [0.5, 0.6) is 0 Å². The van der Waals surface area contributed by atoms with Crippen LogP contribution in [0, 0.1) is 11.8 Å². The van der Waals surface area contributed by atoms with Crippen LogP contribution in [-0.4, -0.2) is 10.9 Å². The number of nitrogens with zero attached hydrogens (tertiary/aromatic N) is 1. The number of hydrogen-bond donors (Lipinski definition) is 2. The molecule has 15 heavy (non-hydrogen) atoms. The standard InChI is InChI=1S/C11H10N2OS/c12-11-9-7-8(3-1-2-6-15)4-5-10(9)14-13-11/h4-5,7,15H,2,6H2,(H2,12,13). The SMILES string of the molecule is Nc1noc2ccc(C#CCCS)cc12. The molecule has 0 unspecified atom stereocenters. The Labute approximate surface area is 93.0 Å². The molecule has 0 amide bonds. The molecule has 3 nitrogen and oxygen atoms in total. The van der Waals surface area contributed by atoms with Crippen molar-refractivity contribution in [3.05, 3.63) is 23.8 Å². The van der Waals surface area contributed by atoms with Crippen LogP contribution in [0.3, 0.4) is 0 Å². The van der Waals surface area contributed by atoms with E-state index in [-0.39, 0.29) is 0 Å². The van der Waals surface area contributed by atoms with Crippen molar-refractivity contribution >= 4 is 29.4 Å². The minimum atomic E-state index is 0.405. The van der Waals surface area contributed by atoms with Crippen LogP contribution < -0.4 is 5.73 Å². The molecular weight excluding hydrogens is 208 g/mol. The molecular formula is C11H10N2OS. The van der Waals surface area contributed by atoms with Gasteiger partial charge in [-0.25, -0.2) is 0 Å². The first-order valence-electron chi connectivity index (χ1n) is 4.56. The van der Waals surface area contributed by atoms with Gasteiger partial charge in [0.05, 0.1) is 5.39 Å². The zero-order valence-electron chi connectivity index (χ0n) is 8.03. The molecule has 1 heterocycles. The van der Waals surface area contributed by atoms with Gasteiger partial charge < -0.3 is 10.3 Å². The molecule has 0 bridgehead atoms. The number of thiol groups is 1. The second-order valence-corrected chi connectivity index (χ2v) is 3.50. The average Bonchev–Trinajstić information content (AvgIpc) is 2.61. The lowest BCUT2D eigenvalue weighted by molar-refractivity contribution is 0.460. The van der Waals surface area contributed by atoms with Gasteiger partial charge in [-0.3, -0.25) is 0 Å². The summed E-state index contributed by atoms with van der Waals surface area (Å²) < 4.78 is 4.99. The summed E-state index contributed by atoms with van der Waals surface area (Å²) >= 11 is 4.08. The average molecular weight is 218 g/mol. The van der Waals surface area contributed by atoms with E-state index in [1.54, 1.807) is 0 Å². The smallest absolute Gasteiger partial charge is 0.174 e. The first-order valence-corrected chi connectivity index (χ1v) is 5.19. The van der Waals surface area contributed by atoms with Gasteiger partial charge in [-0.05, 0) is 18.2 Å². The highest BCUT2D eigenvalue weighted by atomic mass is 32.1. The van der Waals surface area contributed by atoms with Gasteiger partial charge in [0.25, 0.3) is 0 Å². The summed E-state index contributed by atoms with van der Waals surface area (Å²) in [4.78, 5) is 0. The lowest BCUT2D eigenvalue weighted by Crippen LogP contribution is -1.83. The summed E-state index contributed by atoms with van der Waals surface area (Å²) in [7, 11) is 0. The van der Waals surface area contributed by atoms with Crippen LogP contribution in [0.2, 0.25) is 0 Å². The van der Waals surface area contributed by atoms with Gasteiger partial charge in [0, 0.05) is 17.7 Å². The molecule has 1 aromatic heterocycles. The molecule has 0 saturated carbocycles. The summed E-state index contributed by atoms with van der Waals surface area (Å²) in [6, 6.07) is 5.59. The molecule has 0 aliphatic rings. The second-order valence-electron chi connectivity index (χ2n) is 3.05. The van der Waals surface area contributed by atoms with E-state index < -0.39 is 0 Å². The molecule has 2 N–H and O–H groups in total. The maximum Gasteiger partial charge on any atom is 0.174 e. The third-order valence-electron chi connectivity index (χ3n) is 1.97. The number of nitrogens with two attached hydrogens (primary N) is 1. The lowest BCUT2D eigenvalue weighted by Gasteiger charge is -1.90. The highest BCUT2D eigenvalue weighted by molar-refractivity contribution is 7.80. The van der Waals surface area contributed by atoms with Crippen molar-refractivity contribution in [3.8, 4) is 11.8 Å². The summed E-state index contributed by atoms with van der Waals surface area (Å²) in [6.45, 7) is 0. The van der Waals surface area contributed by atoms with E-state index in [4.69, 9.17) is 10.3 Å². The predicted octanol–water partition coefficient (Wildman–Crippen LogP) is 2.08. The summed E-state index contributed by atoms with van der Waals surface area (Å²) in [5.74, 6) is 7.21. The molecule has 0 fully saturated rings. The number of anilines is 1. The van der Waals surface area contributed by atoms with Crippen LogP contribution in [-0.2, 0) is 0 Å². The number of rotatable bonds is 1. The van der Waals surface area contributed by atoms with Crippen molar-refractivity contribution in [3.63, 3.8) is 0 Å². The number of benzene rings is 1. The monoisotopic (exact) mass is 218 g/mol. The molecule has 0 radical (unpaired) electrons. The van der Waals surface area contributed by atoms with Gasteiger partial charge in [-0.15, -0.1) is 0 Å². The molecule has 4 heteroatoms. The second kappa shape index (κ2) is 4.28. The third kappa shape index (κ3) is 2.08. The Morgan fingerprint density at radius 1 is 1.47 bits per heavy atom. The van der Waals surface area contributed by atoms with Crippen LogP contribution in [0.15, 0.2) is 22.7 Å². The minimum Gasteiger partial charge on any atom is -0.380 e. The number of hydrogen-bond acceptors (Lipinski definition) is 4. The van der Waals surface area contributed by atoms with Crippen LogP contribution >= 0.6 is 12.6 Å². The summed E-state index contributed by atoms with van der Waals surface area (Å²) in [6.07, 6.45) is 0.778. The highest BCUT2D eigenvalue weighted by Gasteiger charge is 2.03. The number of fused-ring (bicyclic) bond motifs is 1. The molecule has 0 saturated heterocycles. The molecule has 2 rings (SSSR count). The molecule has 2 aromatic rings. The molecule has 0 atom stereocenters. The van der Waals surface area contributed by atoms with E-state index in [9.17, 15) is 0 Å². The van der Waals surface area contributed by atoms with Gasteiger partial charge in [0.2, 0.25) is 0 Å². The Morgan fingerprint density at radius 3 is 3.13 bits per heavy atom. The van der Waals surface area contributed by atoms with E-state index in [1.807, 2.05) is 18.2 Å². The first kappa shape index (κ1) is 9.94. The maximum atomic E-state index is 5.63. The molecule has 0 aliphatic heterocycles. The van der Waals surface area contributed by atoms with Crippen molar-refractivity contribution in [1.29, 1.82) is 0 Å². The number of nitrogen functional groups attached to an aromatic ring is 1. The highest BCUT2D eigenvalue weighted by Crippen LogP contribution is 2.20. The van der Waals surface area contributed by atoms with Gasteiger partial charge in [-0.2, -0.15) is 12.6 Å². The zero-order valence-corrected chi connectivity index (χ0v) is 8.92. The van der Waals surface area contributed by atoms with Gasteiger partial charge in [0.1, 0.15) is 0 Å². The van der Waals surface area contributed by atoms with E-state index >= 15 is 0 Å². The topological polar surface area (TPSA) is 52.0 Å². The largest absolute Gasteiger partial charge is 0.380 e. The zero-order chi connectivity index (χ0) is 10.7. The van der Waals surface area contributed by atoms with Crippen molar-refractivity contribution < 1.29 is 4.52 Å². The normalized spacial score (nSPS) is 9.93. The van der Waals surface area contributed by atoms with E-state index in [2.05, 4.69) is 29.6 Å². The van der Waals surface area contributed by atoms with Crippen LogP contribution in [0.4, 0.5) is 5.82 Å². The fraction of sp³-hybridized carbons (Fsp3) is 0.182. The summed E-state index contributed by atoms with van der Waals surface area (Å²) in [5, 5.41) is 4.49. The molecule has 1 aromatic carbocycles. The molecule has 0 aliphatic carbocycles. The third-order valence-corrected chi connectivity index (χ3v) is 2.19. The fourth-order valence-corrected chi connectivity index (χ4v) is 1.37. The Kier molecular flexibility index (Phi) is 2.84. The van der Waals surface area contributed by atoms with Crippen molar-refractivity contribution in [2.24, 2.45) is 0 Å². The van der Waals surface area contributed by atoms with Crippen LogP contribution in [0.25, 0.3) is 11.0 Å². The lowest BCUT2D eigenvalue weighted by atomic mass is 10.1. The van der Waals surface area contributed by atoms with Crippen molar-refractivity contribution in [2.45, 2.75) is 6.42 Å². The van der Waals surface area contributed by atoms with E-state index in [1.165, 1.54) is 0 Å². The summed E-state index contributed by atoms with van der Waals surface area (Å²) in [5.41, 5.74) is 7.24. The van der Waals surface area contributed by atoms with Crippen molar-refractivity contribution in [2.75, 3.05) is 11.5 Å². The van der Waals surface area contributed by atoms with Crippen molar-refractivity contribution in [1.82, 2.24) is 5.16 Å². The molecule has 0 spiro atoms. The van der Waals surface area contributed by atoms with E-state index in [0.29, 0.717) is 11.4 Å². The fourth-order valence-electron chi connectivity index (χ4n) is 1.26. The minimum absolute atomic E-state index is 0.405. The Balaban J connectivity index is 2.38. The van der Waals surface area contributed by atoms with Crippen LogP contribution in [0.1, 0.15) is 12.0 Å².